The topological polar surface area (TPSA) is 57.7 Å². The number of aromatic nitrogens is 3. The van der Waals surface area contributed by atoms with E-state index in [1.165, 1.54) is 11.3 Å². The predicted molar refractivity (Wildman–Crippen MR) is 85.7 cm³/mol. The Morgan fingerprint density at radius 1 is 1.27 bits per heavy atom. The van der Waals surface area contributed by atoms with E-state index in [0.29, 0.717) is 11.7 Å². The molecule has 3 heterocycles. The first-order valence-corrected chi connectivity index (χ1v) is 7.67. The minimum Gasteiger partial charge on any atom is -0.349 e. The third-order valence-corrected chi connectivity index (χ3v) is 4.63. The molecule has 2 aromatic rings. The van der Waals surface area contributed by atoms with Gasteiger partial charge in [0.25, 0.3) is 0 Å². The van der Waals surface area contributed by atoms with Gasteiger partial charge in [-0.2, -0.15) is 10.4 Å². The fourth-order valence-corrected chi connectivity index (χ4v) is 3.40. The number of rotatable bonds is 2. The van der Waals surface area contributed by atoms with Crippen molar-refractivity contribution in [1.29, 1.82) is 5.26 Å². The van der Waals surface area contributed by atoms with Crippen molar-refractivity contribution in [1.82, 2.24) is 14.8 Å². The number of nitrogens with zero attached hydrogens (tertiary/aromatic N) is 5. The van der Waals surface area contributed by atoms with E-state index in [1.807, 2.05) is 30.8 Å². The molecule has 114 valence electrons. The molecular weight excluding hydrogens is 274 g/mol. The summed E-state index contributed by atoms with van der Waals surface area (Å²) in [5, 5.41) is 13.8. The normalized spacial score (nSPS) is 17.8. The average molecular weight is 295 g/mol. The van der Waals surface area contributed by atoms with Crippen LogP contribution in [-0.4, -0.2) is 21.3 Å². The van der Waals surface area contributed by atoms with Crippen LogP contribution in [0.4, 0.5) is 5.82 Å². The third-order valence-electron chi connectivity index (χ3n) is 4.63. The third kappa shape index (κ3) is 2.25. The molecule has 0 saturated carbocycles. The number of anilines is 1. The highest BCUT2D eigenvalue weighted by Gasteiger charge is 2.31. The van der Waals surface area contributed by atoms with Gasteiger partial charge >= 0.3 is 0 Å². The van der Waals surface area contributed by atoms with Gasteiger partial charge in [0.1, 0.15) is 17.6 Å². The molecule has 22 heavy (non-hydrogen) atoms. The zero-order valence-electron chi connectivity index (χ0n) is 13.6. The second kappa shape index (κ2) is 5.45. The van der Waals surface area contributed by atoms with E-state index in [2.05, 4.69) is 34.9 Å². The maximum Gasteiger partial charge on any atom is 0.145 e. The van der Waals surface area contributed by atoms with Gasteiger partial charge in [-0.25, -0.2) is 4.98 Å². The Labute approximate surface area is 131 Å². The Bertz CT molecular complexity index is 753. The molecule has 0 amide bonds. The van der Waals surface area contributed by atoms with Gasteiger partial charge < -0.3 is 4.90 Å². The van der Waals surface area contributed by atoms with Crippen LogP contribution in [0, 0.1) is 32.1 Å². The van der Waals surface area contributed by atoms with Crippen molar-refractivity contribution >= 4 is 5.82 Å². The van der Waals surface area contributed by atoms with Crippen LogP contribution in [0.1, 0.15) is 47.1 Å². The molecule has 5 nitrogen and oxygen atoms in total. The van der Waals surface area contributed by atoms with Crippen molar-refractivity contribution in [2.75, 3.05) is 11.4 Å². The first kappa shape index (κ1) is 14.6. The van der Waals surface area contributed by atoms with Gasteiger partial charge in [0, 0.05) is 24.8 Å². The molecule has 1 aliphatic heterocycles. The molecule has 0 aromatic carbocycles. The molecule has 3 rings (SSSR count). The second-order valence-electron chi connectivity index (χ2n) is 6.01. The maximum atomic E-state index is 9.22. The molecular formula is C17H21N5. The SMILES string of the molecule is Cc1ccc(N2CCCC2c2c(C)nn(C)c2C)nc1C#N. The lowest BCUT2D eigenvalue weighted by atomic mass is 10.0. The first-order chi connectivity index (χ1) is 10.5. The average Bonchev–Trinajstić information content (AvgIpc) is 3.05. The van der Waals surface area contributed by atoms with Crippen LogP contribution >= 0.6 is 0 Å². The predicted octanol–water partition coefficient (Wildman–Crippen LogP) is 2.95. The Morgan fingerprint density at radius 2 is 2.05 bits per heavy atom. The van der Waals surface area contributed by atoms with E-state index in [4.69, 9.17) is 0 Å². The van der Waals surface area contributed by atoms with Crippen molar-refractivity contribution in [3.05, 3.63) is 40.3 Å². The van der Waals surface area contributed by atoms with E-state index in [1.54, 1.807) is 0 Å². The van der Waals surface area contributed by atoms with Crippen LogP contribution in [0.3, 0.4) is 0 Å². The van der Waals surface area contributed by atoms with Crippen LogP contribution in [0.2, 0.25) is 0 Å². The van der Waals surface area contributed by atoms with E-state index >= 15 is 0 Å². The van der Waals surface area contributed by atoms with Gasteiger partial charge in [-0.3, -0.25) is 4.68 Å². The van der Waals surface area contributed by atoms with Crippen LogP contribution in [0.5, 0.6) is 0 Å². The summed E-state index contributed by atoms with van der Waals surface area (Å²) in [5.41, 5.74) is 5.05. The van der Waals surface area contributed by atoms with Crippen molar-refractivity contribution in [3.63, 3.8) is 0 Å². The van der Waals surface area contributed by atoms with Crippen LogP contribution in [0.25, 0.3) is 0 Å². The Morgan fingerprint density at radius 3 is 2.68 bits per heavy atom. The van der Waals surface area contributed by atoms with E-state index in [9.17, 15) is 5.26 Å². The van der Waals surface area contributed by atoms with Crippen LogP contribution in [-0.2, 0) is 7.05 Å². The first-order valence-electron chi connectivity index (χ1n) is 7.67. The number of aryl methyl sites for hydroxylation is 3. The highest BCUT2D eigenvalue weighted by atomic mass is 15.3. The molecule has 1 unspecified atom stereocenters. The lowest BCUT2D eigenvalue weighted by Gasteiger charge is -2.26. The fraction of sp³-hybridized carbons (Fsp3) is 0.471. The summed E-state index contributed by atoms with van der Waals surface area (Å²) in [6.45, 7) is 7.09. The van der Waals surface area contributed by atoms with Crippen molar-refractivity contribution in [2.45, 2.75) is 39.7 Å². The largest absolute Gasteiger partial charge is 0.349 e. The summed E-state index contributed by atoms with van der Waals surface area (Å²) in [6, 6.07) is 6.50. The zero-order chi connectivity index (χ0) is 15.9. The maximum absolute atomic E-state index is 9.22. The standard InChI is InChI=1S/C17H21N5/c1-11-7-8-16(19-14(11)10-18)22-9-5-6-15(22)17-12(2)20-21(4)13(17)3/h7-8,15H,5-6,9H2,1-4H3. The lowest BCUT2D eigenvalue weighted by Crippen LogP contribution is -2.24. The van der Waals surface area contributed by atoms with Gasteiger partial charge in [0.05, 0.1) is 11.7 Å². The summed E-state index contributed by atoms with van der Waals surface area (Å²) in [7, 11) is 1.99. The Hall–Kier alpha value is -2.35. The molecule has 5 heteroatoms. The van der Waals surface area contributed by atoms with Gasteiger partial charge in [0.2, 0.25) is 0 Å². The Balaban J connectivity index is 2.02. The quantitative estimate of drug-likeness (QED) is 0.854. The second-order valence-corrected chi connectivity index (χ2v) is 6.01. The van der Waals surface area contributed by atoms with E-state index < -0.39 is 0 Å². The van der Waals surface area contributed by atoms with Gasteiger partial charge in [-0.1, -0.05) is 6.07 Å². The van der Waals surface area contributed by atoms with Crippen molar-refractivity contribution in [3.8, 4) is 6.07 Å². The van der Waals surface area contributed by atoms with E-state index in [-0.39, 0.29) is 0 Å². The monoisotopic (exact) mass is 295 g/mol. The molecule has 1 atom stereocenters. The highest BCUT2D eigenvalue weighted by Crippen LogP contribution is 2.38. The number of hydrogen-bond acceptors (Lipinski definition) is 4. The van der Waals surface area contributed by atoms with Gasteiger partial charge in [0.15, 0.2) is 0 Å². The highest BCUT2D eigenvalue weighted by molar-refractivity contribution is 5.49. The van der Waals surface area contributed by atoms with E-state index in [0.717, 1.165) is 36.5 Å². The number of hydrogen-bond donors (Lipinski definition) is 0. The summed E-state index contributed by atoms with van der Waals surface area (Å²) in [6.07, 6.45) is 2.24. The summed E-state index contributed by atoms with van der Waals surface area (Å²) in [4.78, 5) is 6.87. The van der Waals surface area contributed by atoms with Gasteiger partial charge in [-0.15, -0.1) is 0 Å². The molecule has 0 spiro atoms. The number of nitriles is 1. The molecule has 2 aromatic heterocycles. The number of pyridine rings is 1. The van der Waals surface area contributed by atoms with Crippen molar-refractivity contribution in [2.24, 2.45) is 7.05 Å². The molecule has 0 N–H and O–H groups in total. The van der Waals surface area contributed by atoms with Crippen LogP contribution < -0.4 is 4.90 Å². The molecule has 1 fully saturated rings. The summed E-state index contributed by atoms with van der Waals surface area (Å²) < 4.78 is 1.95. The summed E-state index contributed by atoms with van der Waals surface area (Å²) >= 11 is 0. The Kier molecular flexibility index (Phi) is 3.61. The molecule has 0 aliphatic carbocycles. The van der Waals surface area contributed by atoms with Crippen molar-refractivity contribution < 1.29 is 0 Å². The van der Waals surface area contributed by atoms with Gasteiger partial charge in [-0.05, 0) is 45.2 Å². The zero-order valence-corrected chi connectivity index (χ0v) is 13.6. The molecule has 1 saturated heterocycles. The lowest BCUT2D eigenvalue weighted by molar-refractivity contribution is 0.693. The smallest absolute Gasteiger partial charge is 0.145 e. The molecule has 0 bridgehead atoms. The minimum absolute atomic E-state index is 0.301. The van der Waals surface area contributed by atoms with Crippen LogP contribution in [0.15, 0.2) is 12.1 Å². The minimum atomic E-state index is 0.301. The molecule has 0 radical (unpaired) electrons. The fourth-order valence-electron chi connectivity index (χ4n) is 3.40. The summed E-state index contributed by atoms with van der Waals surface area (Å²) in [5.74, 6) is 0.896. The molecule has 1 aliphatic rings.